The van der Waals surface area contributed by atoms with Gasteiger partial charge in [0.05, 0.1) is 11.1 Å². The van der Waals surface area contributed by atoms with Gasteiger partial charge in [-0.3, -0.25) is 4.79 Å². The van der Waals surface area contributed by atoms with Gasteiger partial charge in [-0.15, -0.1) is 0 Å². The molecule has 0 radical (unpaired) electrons. The second kappa shape index (κ2) is 7.72. The summed E-state index contributed by atoms with van der Waals surface area (Å²) in [6.45, 7) is 9.82. The van der Waals surface area contributed by atoms with E-state index in [2.05, 4.69) is 16.4 Å². The molecule has 0 saturated heterocycles. The van der Waals surface area contributed by atoms with Crippen molar-refractivity contribution in [3.8, 4) is 6.07 Å². The quantitative estimate of drug-likeness (QED) is 0.608. The average molecular weight is 368 g/mol. The molecule has 0 aliphatic carbocycles. The van der Waals surface area contributed by atoms with Crippen molar-refractivity contribution in [2.75, 3.05) is 0 Å². The van der Waals surface area contributed by atoms with Crippen LogP contribution in [0.3, 0.4) is 0 Å². The number of aromatic nitrogens is 1. The summed E-state index contributed by atoms with van der Waals surface area (Å²) < 4.78 is 0. The second-order valence-electron chi connectivity index (χ2n) is 7.28. The number of hydrogen-bond acceptors (Lipinski definition) is 3. The topological polar surface area (TPSA) is 65.8 Å². The highest BCUT2D eigenvalue weighted by Gasteiger charge is 2.26. The number of carbonyl (C=O) groups excluding carboxylic acids is 1. The number of nitriles is 1. The van der Waals surface area contributed by atoms with Crippen LogP contribution in [0.25, 0.3) is 5.57 Å². The van der Waals surface area contributed by atoms with E-state index in [1.165, 1.54) is 6.20 Å². The first-order chi connectivity index (χ1) is 12.1. The number of rotatable bonds is 3. The summed E-state index contributed by atoms with van der Waals surface area (Å²) >= 11 is 6.04. The fourth-order valence-electron chi connectivity index (χ4n) is 2.75. The molecule has 2 aromatic rings. The lowest BCUT2D eigenvalue weighted by atomic mass is 9.86. The zero-order valence-electron chi connectivity index (χ0n) is 15.6. The van der Waals surface area contributed by atoms with Crippen molar-refractivity contribution in [1.82, 2.24) is 10.3 Å². The molecule has 134 valence electrons. The van der Waals surface area contributed by atoms with Crippen molar-refractivity contribution in [2.45, 2.75) is 34.6 Å². The fourth-order valence-corrected chi connectivity index (χ4v) is 2.95. The maximum atomic E-state index is 12.7. The van der Waals surface area contributed by atoms with Gasteiger partial charge in [0.1, 0.15) is 11.2 Å². The van der Waals surface area contributed by atoms with Gasteiger partial charge in [-0.25, -0.2) is 4.98 Å². The number of carbonyl (C=O) groups is 1. The van der Waals surface area contributed by atoms with Gasteiger partial charge in [-0.2, -0.15) is 5.26 Å². The summed E-state index contributed by atoms with van der Waals surface area (Å²) in [4.78, 5) is 16.7. The van der Waals surface area contributed by atoms with Crippen LogP contribution in [0.1, 0.15) is 47.8 Å². The number of nitrogens with one attached hydrogen (secondary N) is 1. The molecular weight excluding hydrogens is 346 g/mol. The molecule has 1 aromatic heterocycles. The van der Waals surface area contributed by atoms with Crippen LogP contribution in [-0.4, -0.2) is 10.9 Å². The summed E-state index contributed by atoms with van der Waals surface area (Å²) in [5.74, 6) is -0.384. The summed E-state index contributed by atoms with van der Waals surface area (Å²) in [5, 5.41) is 12.9. The molecule has 1 N–H and O–H groups in total. The predicted octanol–water partition coefficient (Wildman–Crippen LogP) is 5.06. The third kappa shape index (κ3) is 4.50. The molecule has 2 rings (SSSR count). The standard InChI is InChI=1S/C21H22ClN3O/c1-13-9-14(2)11-15(10-13)17(12-23)18(21(3,4)5)25-20(26)16-7-6-8-24-19(16)22/h6-11H,1-5H3,(H,25,26). The summed E-state index contributed by atoms with van der Waals surface area (Å²) in [7, 11) is 0. The highest BCUT2D eigenvalue weighted by atomic mass is 35.5. The molecule has 0 aliphatic heterocycles. The van der Waals surface area contributed by atoms with Crippen LogP contribution in [0.5, 0.6) is 0 Å². The van der Waals surface area contributed by atoms with Gasteiger partial charge in [0.15, 0.2) is 0 Å². The molecule has 0 unspecified atom stereocenters. The number of nitrogens with zero attached hydrogens (tertiary/aromatic N) is 2. The van der Waals surface area contributed by atoms with Crippen LogP contribution < -0.4 is 5.32 Å². The number of hydrogen-bond donors (Lipinski definition) is 1. The lowest BCUT2D eigenvalue weighted by Crippen LogP contribution is -2.31. The maximum Gasteiger partial charge on any atom is 0.258 e. The molecular formula is C21H22ClN3O. The molecule has 1 heterocycles. The van der Waals surface area contributed by atoms with Crippen LogP contribution in [0.2, 0.25) is 5.15 Å². The van der Waals surface area contributed by atoms with Gasteiger partial charge in [-0.1, -0.05) is 61.7 Å². The highest BCUT2D eigenvalue weighted by molar-refractivity contribution is 6.32. The number of allylic oxidation sites excluding steroid dienone is 2. The van der Waals surface area contributed by atoms with Crippen LogP contribution >= 0.6 is 11.6 Å². The SMILES string of the molecule is Cc1cc(C)cc(C(C#N)=C(NC(=O)c2cccnc2Cl)C(C)(C)C)c1. The Labute approximate surface area is 159 Å². The number of benzene rings is 1. The summed E-state index contributed by atoms with van der Waals surface area (Å²) in [6.07, 6.45) is 1.52. The largest absolute Gasteiger partial charge is 0.324 e. The van der Waals surface area contributed by atoms with Gasteiger partial charge in [0.2, 0.25) is 0 Å². The third-order valence-electron chi connectivity index (χ3n) is 3.86. The lowest BCUT2D eigenvalue weighted by Gasteiger charge is -2.26. The van der Waals surface area contributed by atoms with Crippen LogP contribution in [0, 0.1) is 30.6 Å². The first-order valence-corrected chi connectivity index (χ1v) is 8.66. The van der Waals surface area contributed by atoms with E-state index in [9.17, 15) is 10.1 Å². The van der Waals surface area contributed by atoms with Crippen molar-refractivity contribution in [1.29, 1.82) is 5.26 Å². The van der Waals surface area contributed by atoms with E-state index in [0.29, 0.717) is 11.3 Å². The van der Waals surface area contributed by atoms with Crippen molar-refractivity contribution in [3.05, 3.63) is 69.6 Å². The minimum absolute atomic E-state index is 0.128. The molecule has 0 fully saturated rings. The zero-order valence-corrected chi connectivity index (χ0v) is 16.4. The highest BCUT2D eigenvalue weighted by Crippen LogP contribution is 2.31. The Balaban J connectivity index is 2.59. The van der Waals surface area contributed by atoms with Gasteiger partial charge in [0, 0.05) is 17.3 Å². The van der Waals surface area contributed by atoms with Gasteiger partial charge in [0.25, 0.3) is 5.91 Å². The first-order valence-electron chi connectivity index (χ1n) is 8.29. The van der Waals surface area contributed by atoms with E-state index in [1.54, 1.807) is 12.1 Å². The van der Waals surface area contributed by atoms with Crippen molar-refractivity contribution in [2.24, 2.45) is 5.41 Å². The Hall–Kier alpha value is -2.64. The molecule has 0 bridgehead atoms. The predicted molar refractivity (Wildman–Crippen MR) is 105 cm³/mol. The van der Waals surface area contributed by atoms with E-state index < -0.39 is 5.41 Å². The first kappa shape index (κ1) is 19.7. The Bertz CT molecular complexity index is 897. The van der Waals surface area contributed by atoms with Gasteiger partial charge in [-0.05, 0) is 31.5 Å². The second-order valence-corrected chi connectivity index (χ2v) is 7.64. The van der Waals surface area contributed by atoms with Crippen molar-refractivity contribution >= 4 is 23.1 Å². The Morgan fingerprint density at radius 1 is 1.19 bits per heavy atom. The normalized spacial score (nSPS) is 12.2. The zero-order chi connectivity index (χ0) is 19.5. The average Bonchev–Trinajstić information content (AvgIpc) is 2.53. The number of pyridine rings is 1. The molecule has 0 spiro atoms. The molecule has 4 nitrogen and oxygen atoms in total. The molecule has 1 amide bonds. The minimum Gasteiger partial charge on any atom is -0.324 e. The van der Waals surface area contributed by atoms with Crippen molar-refractivity contribution in [3.63, 3.8) is 0 Å². The summed E-state index contributed by atoms with van der Waals surface area (Å²) in [6, 6.07) is 11.5. The van der Waals surface area contributed by atoms with Crippen LogP contribution in [0.15, 0.2) is 42.2 Å². The molecule has 1 aromatic carbocycles. The monoisotopic (exact) mass is 367 g/mol. The number of halogens is 1. The Kier molecular flexibility index (Phi) is 5.84. The third-order valence-corrected chi connectivity index (χ3v) is 4.17. The van der Waals surface area contributed by atoms with Crippen LogP contribution in [0.4, 0.5) is 0 Å². The Morgan fingerprint density at radius 2 is 1.81 bits per heavy atom. The van der Waals surface area contributed by atoms with E-state index in [0.717, 1.165) is 16.7 Å². The molecule has 26 heavy (non-hydrogen) atoms. The number of amides is 1. The van der Waals surface area contributed by atoms with Crippen LogP contribution in [-0.2, 0) is 0 Å². The minimum atomic E-state index is -0.451. The van der Waals surface area contributed by atoms with Gasteiger partial charge >= 0.3 is 0 Å². The lowest BCUT2D eigenvalue weighted by molar-refractivity contribution is 0.0958. The van der Waals surface area contributed by atoms with Gasteiger partial charge < -0.3 is 5.32 Å². The molecule has 0 atom stereocenters. The molecule has 0 saturated carbocycles. The Morgan fingerprint density at radius 3 is 2.31 bits per heavy atom. The fraction of sp³-hybridized carbons (Fsp3) is 0.286. The smallest absolute Gasteiger partial charge is 0.258 e. The van der Waals surface area contributed by atoms with Crippen molar-refractivity contribution < 1.29 is 4.79 Å². The van der Waals surface area contributed by atoms with E-state index in [4.69, 9.17) is 11.6 Å². The van der Waals surface area contributed by atoms with E-state index in [1.807, 2.05) is 52.8 Å². The molecule has 5 heteroatoms. The van der Waals surface area contributed by atoms with E-state index in [-0.39, 0.29) is 16.6 Å². The van der Waals surface area contributed by atoms with E-state index >= 15 is 0 Å². The maximum absolute atomic E-state index is 12.7. The molecule has 0 aliphatic rings. The summed E-state index contributed by atoms with van der Waals surface area (Å²) in [5.41, 5.74) is 3.71. The number of aryl methyl sites for hydroxylation is 2.